The van der Waals surface area contributed by atoms with Crippen LogP contribution in [0.4, 0.5) is 11.5 Å². The average Bonchev–Trinajstić information content (AvgIpc) is 2.55. The zero-order valence-corrected chi connectivity index (χ0v) is 13.3. The van der Waals surface area contributed by atoms with Gasteiger partial charge in [-0.2, -0.15) is 0 Å². The molecule has 6 nitrogen and oxygen atoms in total. The molecule has 0 fully saturated rings. The van der Waals surface area contributed by atoms with Crippen molar-refractivity contribution in [3.8, 4) is 0 Å². The maximum atomic E-state index is 11.0. The van der Waals surface area contributed by atoms with Crippen LogP contribution < -0.4 is 5.32 Å². The Bertz CT molecular complexity index is 723. The highest BCUT2D eigenvalue weighted by atomic mass is 35.5. The van der Waals surface area contributed by atoms with E-state index in [0.717, 1.165) is 31.1 Å². The minimum atomic E-state index is -0.422. The topological polar surface area (TPSA) is 71.3 Å². The zero-order chi connectivity index (χ0) is 16.2. The van der Waals surface area contributed by atoms with Crippen LogP contribution in [-0.2, 0) is 13.0 Å². The van der Waals surface area contributed by atoms with Crippen molar-refractivity contribution in [3.05, 3.63) is 62.8 Å². The molecule has 0 bridgehead atoms. The SMILES string of the molecule is O=[N+]([O-])c1cccnc1NCCN1CCc2c(Cl)cccc2C1. The molecule has 0 atom stereocenters. The van der Waals surface area contributed by atoms with E-state index in [2.05, 4.69) is 21.3 Å². The van der Waals surface area contributed by atoms with E-state index in [1.165, 1.54) is 17.2 Å². The molecule has 0 saturated carbocycles. The van der Waals surface area contributed by atoms with Crippen LogP contribution in [0.25, 0.3) is 0 Å². The summed E-state index contributed by atoms with van der Waals surface area (Å²) in [6.45, 7) is 3.18. The lowest BCUT2D eigenvalue weighted by Crippen LogP contribution is -2.34. The Hall–Kier alpha value is -2.18. The molecule has 0 saturated heterocycles. The molecule has 2 heterocycles. The van der Waals surface area contributed by atoms with Gasteiger partial charge >= 0.3 is 5.69 Å². The molecule has 3 rings (SSSR count). The Labute approximate surface area is 139 Å². The minimum absolute atomic E-state index is 0.00303. The number of nitrogens with zero attached hydrogens (tertiary/aromatic N) is 3. The highest BCUT2D eigenvalue weighted by molar-refractivity contribution is 6.31. The van der Waals surface area contributed by atoms with Gasteiger partial charge in [0.2, 0.25) is 5.82 Å². The third kappa shape index (κ3) is 3.60. The first-order valence-electron chi connectivity index (χ1n) is 7.47. The lowest BCUT2D eigenvalue weighted by Gasteiger charge is -2.29. The van der Waals surface area contributed by atoms with Gasteiger partial charge in [0.05, 0.1) is 4.92 Å². The largest absolute Gasteiger partial charge is 0.363 e. The summed E-state index contributed by atoms with van der Waals surface area (Å²) >= 11 is 6.22. The normalized spacial score (nSPS) is 14.3. The van der Waals surface area contributed by atoms with E-state index in [9.17, 15) is 10.1 Å². The van der Waals surface area contributed by atoms with Gasteiger partial charge in [0.25, 0.3) is 0 Å². The van der Waals surface area contributed by atoms with Crippen molar-refractivity contribution in [1.82, 2.24) is 9.88 Å². The van der Waals surface area contributed by atoms with Gasteiger partial charge in [0.15, 0.2) is 0 Å². The van der Waals surface area contributed by atoms with Gasteiger partial charge < -0.3 is 5.32 Å². The number of benzene rings is 1. The molecular formula is C16H17ClN4O2. The molecule has 0 radical (unpaired) electrons. The zero-order valence-electron chi connectivity index (χ0n) is 12.5. The number of halogens is 1. The number of anilines is 1. The van der Waals surface area contributed by atoms with E-state index in [4.69, 9.17) is 11.6 Å². The van der Waals surface area contributed by atoms with Gasteiger partial charge in [0, 0.05) is 43.5 Å². The van der Waals surface area contributed by atoms with Crippen molar-refractivity contribution in [1.29, 1.82) is 0 Å². The van der Waals surface area contributed by atoms with E-state index in [1.807, 2.05) is 12.1 Å². The van der Waals surface area contributed by atoms with Crippen molar-refractivity contribution in [3.63, 3.8) is 0 Å². The molecule has 2 aromatic rings. The number of hydrogen-bond acceptors (Lipinski definition) is 5. The Balaban J connectivity index is 1.57. The van der Waals surface area contributed by atoms with Crippen LogP contribution in [0.3, 0.4) is 0 Å². The fourth-order valence-corrected chi connectivity index (χ4v) is 3.11. The molecular weight excluding hydrogens is 316 g/mol. The van der Waals surface area contributed by atoms with Gasteiger partial charge in [-0.05, 0) is 29.7 Å². The minimum Gasteiger partial charge on any atom is -0.363 e. The molecule has 1 aromatic carbocycles. The second-order valence-electron chi connectivity index (χ2n) is 5.46. The highest BCUT2D eigenvalue weighted by Gasteiger charge is 2.18. The summed E-state index contributed by atoms with van der Waals surface area (Å²) in [6.07, 6.45) is 2.48. The van der Waals surface area contributed by atoms with Crippen LogP contribution in [0.2, 0.25) is 5.02 Å². The number of hydrogen-bond donors (Lipinski definition) is 1. The Morgan fingerprint density at radius 2 is 2.22 bits per heavy atom. The number of rotatable bonds is 5. The number of pyridine rings is 1. The molecule has 120 valence electrons. The van der Waals surface area contributed by atoms with E-state index in [1.54, 1.807) is 12.3 Å². The third-order valence-corrected chi connectivity index (χ3v) is 4.35. The van der Waals surface area contributed by atoms with Crippen molar-refractivity contribution in [2.75, 3.05) is 25.0 Å². The Morgan fingerprint density at radius 3 is 3.04 bits per heavy atom. The van der Waals surface area contributed by atoms with E-state index in [0.29, 0.717) is 12.4 Å². The van der Waals surface area contributed by atoms with Crippen molar-refractivity contribution < 1.29 is 4.92 Å². The monoisotopic (exact) mass is 332 g/mol. The maximum Gasteiger partial charge on any atom is 0.311 e. The Morgan fingerprint density at radius 1 is 1.35 bits per heavy atom. The van der Waals surface area contributed by atoms with E-state index < -0.39 is 4.92 Å². The summed E-state index contributed by atoms with van der Waals surface area (Å²) in [6, 6.07) is 9.02. The van der Waals surface area contributed by atoms with Crippen LogP contribution >= 0.6 is 11.6 Å². The van der Waals surface area contributed by atoms with Crippen molar-refractivity contribution in [2.24, 2.45) is 0 Å². The number of fused-ring (bicyclic) bond motifs is 1. The van der Waals surface area contributed by atoms with Crippen LogP contribution in [0.1, 0.15) is 11.1 Å². The predicted octanol–water partition coefficient (Wildman–Crippen LogP) is 3.11. The molecule has 1 aliphatic rings. The number of nitrogens with one attached hydrogen (secondary N) is 1. The maximum absolute atomic E-state index is 11.0. The van der Waals surface area contributed by atoms with Crippen LogP contribution in [0.15, 0.2) is 36.5 Å². The summed E-state index contributed by atoms with van der Waals surface area (Å²) < 4.78 is 0. The smallest absolute Gasteiger partial charge is 0.311 e. The number of nitro groups is 1. The second-order valence-corrected chi connectivity index (χ2v) is 5.87. The molecule has 0 amide bonds. The van der Waals surface area contributed by atoms with Gasteiger partial charge in [-0.1, -0.05) is 23.7 Å². The Kier molecular flexibility index (Phi) is 4.73. The lowest BCUT2D eigenvalue weighted by molar-refractivity contribution is -0.384. The van der Waals surface area contributed by atoms with Crippen molar-refractivity contribution in [2.45, 2.75) is 13.0 Å². The summed E-state index contributed by atoms with van der Waals surface area (Å²) in [5, 5.41) is 14.9. The standard InChI is InChI=1S/C16H17ClN4O2/c17-14-4-1-3-12-11-20(9-6-13(12)14)10-8-19-16-15(21(22)23)5-2-7-18-16/h1-5,7H,6,8-11H2,(H,18,19). The van der Waals surface area contributed by atoms with Gasteiger partial charge in [-0.3, -0.25) is 15.0 Å². The molecule has 7 heteroatoms. The third-order valence-electron chi connectivity index (χ3n) is 3.99. The van der Waals surface area contributed by atoms with Gasteiger partial charge in [0.1, 0.15) is 0 Å². The van der Waals surface area contributed by atoms with Gasteiger partial charge in [-0.25, -0.2) is 4.98 Å². The van der Waals surface area contributed by atoms with Crippen LogP contribution in [0.5, 0.6) is 0 Å². The fourth-order valence-electron chi connectivity index (χ4n) is 2.82. The molecule has 1 N–H and O–H groups in total. The first kappa shape index (κ1) is 15.7. The van der Waals surface area contributed by atoms with Gasteiger partial charge in [-0.15, -0.1) is 0 Å². The summed E-state index contributed by atoms with van der Waals surface area (Å²) in [5.41, 5.74) is 2.49. The highest BCUT2D eigenvalue weighted by Crippen LogP contribution is 2.26. The predicted molar refractivity (Wildman–Crippen MR) is 89.8 cm³/mol. The molecule has 0 spiro atoms. The van der Waals surface area contributed by atoms with E-state index >= 15 is 0 Å². The first-order chi connectivity index (χ1) is 11.1. The van der Waals surface area contributed by atoms with Crippen molar-refractivity contribution >= 4 is 23.1 Å². The summed E-state index contributed by atoms with van der Waals surface area (Å²) in [7, 11) is 0. The quantitative estimate of drug-likeness (QED) is 0.673. The van der Waals surface area contributed by atoms with E-state index in [-0.39, 0.29) is 5.69 Å². The molecule has 1 aliphatic heterocycles. The van der Waals surface area contributed by atoms with Crippen LogP contribution in [0, 0.1) is 10.1 Å². The molecule has 0 unspecified atom stereocenters. The fraction of sp³-hybridized carbons (Fsp3) is 0.312. The second kappa shape index (κ2) is 6.93. The summed E-state index contributed by atoms with van der Waals surface area (Å²) in [4.78, 5) is 16.9. The van der Waals surface area contributed by atoms with Crippen LogP contribution in [-0.4, -0.2) is 34.4 Å². The average molecular weight is 333 g/mol. The molecule has 0 aliphatic carbocycles. The molecule has 1 aromatic heterocycles. The summed E-state index contributed by atoms with van der Waals surface area (Å²) in [5.74, 6) is 0.318. The molecule has 23 heavy (non-hydrogen) atoms. The number of aromatic nitrogens is 1. The first-order valence-corrected chi connectivity index (χ1v) is 7.85. The lowest BCUT2D eigenvalue weighted by atomic mass is 10.00.